The largest absolute Gasteiger partial charge is 0.472 e. The van der Waals surface area contributed by atoms with Crippen molar-refractivity contribution in [3.05, 3.63) is 48.5 Å². The number of ketones is 1. The fraction of sp³-hybridized carbons (Fsp3) is 0.586. The van der Waals surface area contributed by atoms with Crippen LogP contribution in [0.15, 0.2) is 47.3 Å². The molecular formula is C29H36O9. The molecule has 1 aliphatic heterocycles. The number of esters is 3. The Morgan fingerprint density at radius 2 is 1.89 bits per heavy atom. The standard InChI is InChI=1S/C29H36O9/c1-16-19(8-12-28(6)24(18-10-13-36-15-18)38-21(32)14-29(16,28)34)27(5)11-9-20(31)26(3,4)23(27)22(25(33)35-7)37-17(2)30/h9-11,13,15,19,22-24,34H,1,8,12,14H2,2-7H3/t19?,22?,23-,24-,27+,28-,29-/m0/s1. The number of rotatable bonds is 5. The van der Waals surface area contributed by atoms with Gasteiger partial charge in [-0.25, -0.2) is 4.79 Å². The van der Waals surface area contributed by atoms with Gasteiger partial charge in [-0.3, -0.25) is 14.4 Å². The van der Waals surface area contributed by atoms with Crippen molar-refractivity contribution in [1.29, 1.82) is 0 Å². The molecule has 2 aliphatic carbocycles. The zero-order valence-corrected chi connectivity index (χ0v) is 22.7. The van der Waals surface area contributed by atoms with E-state index in [-0.39, 0.29) is 12.2 Å². The molecule has 1 aromatic rings. The van der Waals surface area contributed by atoms with Gasteiger partial charge in [0, 0.05) is 34.7 Å². The van der Waals surface area contributed by atoms with Gasteiger partial charge in [0.05, 0.1) is 26.1 Å². The topological polar surface area (TPSA) is 129 Å². The van der Waals surface area contributed by atoms with Gasteiger partial charge in [0.1, 0.15) is 11.7 Å². The van der Waals surface area contributed by atoms with Gasteiger partial charge in [0.25, 0.3) is 0 Å². The normalized spacial score (nSPS) is 37.1. The molecule has 0 amide bonds. The fourth-order valence-corrected chi connectivity index (χ4v) is 7.29. The maximum absolute atomic E-state index is 13.1. The van der Waals surface area contributed by atoms with Crippen LogP contribution in [-0.2, 0) is 33.4 Å². The van der Waals surface area contributed by atoms with Crippen LogP contribution >= 0.6 is 0 Å². The highest BCUT2D eigenvalue weighted by atomic mass is 16.6. The molecule has 4 rings (SSSR count). The smallest absolute Gasteiger partial charge is 0.347 e. The van der Waals surface area contributed by atoms with E-state index in [1.165, 1.54) is 32.6 Å². The summed E-state index contributed by atoms with van der Waals surface area (Å²) >= 11 is 0. The summed E-state index contributed by atoms with van der Waals surface area (Å²) in [6.07, 6.45) is 4.71. The van der Waals surface area contributed by atoms with Crippen LogP contribution in [0.4, 0.5) is 0 Å². The summed E-state index contributed by atoms with van der Waals surface area (Å²) in [4.78, 5) is 51.0. The minimum atomic E-state index is -1.65. The van der Waals surface area contributed by atoms with Crippen molar-refractivity contribution >= 4 is 23.7 Å². The van der Waals surface area contributed by atoms with E-state index in [4.69, 9.17) is 18.6 Å². The average molecular weight is 529 g/mol. The quantitative estimate of drug-likeness (QED) is 0.344. The molecule has 2 fully saturated rings. The van der Waals surface area contributed by atoms with Crippen molar-refractivity contribution in [2.24, 2.45) is 28.1 Å². The van der Waals surface area contributed by atoms with E-state index < -0.39 is 63.8 Å². The highest BCUT2D eigenvalue weighted by molar-refractivity contribution is 5.96. The first-order valence-electron chi connectivity index (χ1n) is 12.8. The molecule has 1 N–H and O–H groups in total. The number of hydrogen-bond donors (Lipinski definition) is 1. The Labute approximate surface area is 222 Å². The van der Waals surface area contributed by atoms with Gasteiger partial charge in [-0.2, -0.15) is 0 Å². The van der Waals surface area contributed by atoms with Crippen molar-refractivity contribution < 1.29 is 42.9 Å². The molecule has 7 atom stereocenters. The zero-order valence-electron chi connectivity index (χ0n) is 22.7. The lowest BCUT2D eigenvalue weighted by Gasteiger charge is -2.61. The number of carbonyl (C=O) groups excluding carboxylic acids is 4. The lowest BCUT2D eigenvalue weighted by molar-refractivity contribution is -0.216. The lowest BCUT2D eigenvalue weighted by atomic mass is 9.45. The summed E-state index contributed by atoms with van der Waals surface area (Å²) in [6.45, 7) is 12.7. The maximum Gasteiger partial charge on any atom is 0.347 e. The molecule has 0 radical (unpaired) electrons. The van der Waals surface area contributed by atoms with Crippen LogP contribution in [0.1, 0.15) is 65.5 Å². The molecule has 1 saturated heterocycles. The third kappa shape index (κ3) is 3.94. The summed E-state index contributed by atoms with van der Waals surface area (Å²) in [6, 6.07) is 1.71. The Kier molecular flexibility index (Phi) is 6.75. The number of hydrogen-bond acceptors (Lipinski definition) is 9. The molecule has 3 aliphatic rings. The van der Waals surface area contributed by atoms with E-state index in [2.05, 4.69) is 6.58 Å². The van der Waals surface area contributed by atoms with Gasteiger partial charge in [0.2, 0.25) is 6.10 Å². The highest BCUT2D eigenvalue weighted by Crippen LogP contribution is 2.65. The van der Waals surface area contributed by atoms with Crippen LogP contribution in [0, 0.1) is 28.1 Å². The summed E-state index contributed by atoms with van der Waals surface area (Å²) in [5, 5.41) is 12.3. The molecular weight excluding hydrogens is 492 g/mol. The first kappa shape index (κ1) is 27.8. The van der Waals surface area contributed by atoms with Crippen molar-refractivity contribution in [2.45, 2.75) is 71.7 Å². The molecule has 2 unspecified atom stereocenters. The van der Waals surface area contributed by atoms with Crippen LogP contribution in [0.2, 0.25) is 0 Å². The first-order chi connectivity index (χ1) is 17.6. The molecule has 9 nitrogen and oxygen atoms in total. The van der Waals surface area contributed by atoms with Crippen LogP contribution < -0.4 is 0 Å². The van der Waals surface area contributed by atoms with E-state index in [1.54, 1.807) is 26.0 Å². The molecule has 1 saturated carbocycles. The van der Waals surface area contributed by atoms with E-state index in [1.807, 2.05) is 13.8 Å². The number of ether oxygens (including phenoxy) is 3. The van der Waals surface area contributed by atoms with E-state index in [0.29, 0.717) is 24.0 Å². The maximum atomic E-state index is 13.1. The average Bonchev–Trinajstić information content (AvgIpc) is 3.36. The van der Waals surface area contributed by atoms with Crippen LogP contribution in [-0.4, -0.2) is 47.6 Å². The number of allylic oxidation sites excluding steroid dienone is 2. The summed E-state index contributed by atoms with van der Waals surface area (Å²) in [5.74, 6) is -3.59. The van der Waals surface area contributed by atoms with E-state index >= 15 is 0 Å². The summed E-state index contributed by atoms with van der Waals surface area (Å²) < 4.78 is 21.5. The summed E-state index contributed by atoms with van der Waals surface area (Å²) in [5.41, 5.74) is -3.63. The number of fused-ring (bicyclic) bond motifs is 1. The van der Waals surface area contributed by atoms with Gasteiger partial charge in [-0.1, -0.05) is 40.3 Å². The number of methoxy groups -OCH3 is 1. The lowest BCUT2D eigenvalue weighted by Crippen LogP contribution is -2.64. The SMILES string of the molecule is C=C1C([C@@]2(C)C=CC(=O)C(C)(C)[C@@H]2C(OC(C)=O)C(=O)OC)CC[C@@]2(C)[C@H](c3ccoc3)OC(=O)C[C@]12O. The number of cyclic esters (lactones) is 1. The second kappa shape index (κ2) is 9.22. The molecule has 0 aromatic carbocycles. The second-order valence-corrected chi connectivity index (χ2v) is 11.8. The van der Waals surface area contributed by atoms with Crippen LogP contribution in [0.25, 0.3) is 0 Å². The molecule has 0 spiro atoms. The monoisotopic (exact) mass is 528 g/mol. The number of aliphatic hydroxyl groups is 1. The molecule has 38 heavy (non-hydrogen) atoms. The molecule has 0 bridgehead atoms. The second-order valence-electron chi connectivity index (χ2n) is 11.8. The molecule has 2 heterocycles. The number of carbonyl (C=O) groups is 4. The first-order valence-corrected chi connectivity index (χ1v) is 12.8. The third-order valence-electron chi connectivity index (χ3n) is 9.38. The zero-order chi connectivity index (χ0) is 28.3. The van der Waals surface area contributed by atoms with Crippen LogP contribution in [0.5, 0.6) is 0 Å². The third-order valence-corrected chi connectivity index (χ3v) is 9.38. The summed E-state index contributed by atoms with van der Waals surface area (Å²) in [7, 11) is 1.20. The Bertz CT molecular complexity index is 1190. The van der Waals surface area contributed by atoms with Crippen molar-refractivity contribution in [3.8, 4) is 0 Å². The van der Waals surface area contributed by atoms with E-state index in [0.717, 1.165) is 0 Å². The Balaban J connectivity index is 1.84. The van der Waals surface area contributed by atoms with Crippen molar-refractivity contribution in [2.75, 3.05) is 7.11 Å². The Hall–Kier alpha value is -3.20. The minimum Gasteiger partial charge on any atom is -0.472 e. The minimum absolute atomic E-state index is 0.229. The number of furan rings is 1. The predicted molar refractivity (Wildman–Crippen MR) is 134 cm³/mol. The van der Waals surface area contributed by atoms with E-state index in [9.17, 15) is 24.3 Å². The fourth-order valence-electron chi connectivity index (χ4n) is 7.29. The van der Waals surface area contributed by atoms with Gasteiger partial charge >= 0.3 is 17.9 Å². The van der Waals surface area contributed by atoms with Crippen LogP contribution in [0.3, 0.4) is 0 Å². The van der Waals surface area contributed by atoms with Crippen molar-refractivity contribution in [1.82, 2.24) is 0 Å². The van der Waals surface area contributed by atoms with Gasteiger partial charge in [0.15, 0.2) is 5.78 Å². The Morgan fingerprint density at radius 3 is 2.47 bits per heavy atom. The van der Waals surface area contributed by atoms with Gasteiger partial charge < -0.3 is 23.7 Å². The molecule has 9 heteroatoms. The van der Waals surface area contributed by atoms with Crippen molar-refractivity contribution in [3.63, 3.8) is 0 Å². The molecule has 206 valence electrons. The Morgan fingerprint density at radius 1 is 1.21 bits per heavy atom. The predicted octanol–water partition coefficient (Wildman–Crippen LogP) is 3.86. The van der Waals surface area contributed by atoms with Gasteiger partial charge in [-0.05, 0) is 36.5 Å². The van der Waals surface area contributed by atoms with Gasteiger partial charge in [-0.15, -0.1) is 0 Å². The molecule has 1 aromatic heterocycles. The highest BCUT2D eigenvalue weighted by Gasteiger charge is 2.67.